The van der Waals surface area contributed by atoms with Crippen molar-refractivity contribution < 1.29 is 14.4 Å². The molecule has 5 heteroatoms. The van der Waals surface area contributed by atoms with E-state index in [4.69, 9.17) is 9.47 Å². The van der Waals surface area contributed by atoms with Gasteiger partial charge in [0.05, 0.1) is 11.5 Å². The summed E-state index contributed by atoms with van der Waals surface area (Å²) in [5, 5.41) is 10.1. The SMILES string of the molecule is C/C(=C/[N+](=O)[O-])COC1CCCCO1. The number of nitrogens with zero attached hydrogens (tertiary/aromatic N) is 1. The van der Waals surface area contributed by atoms with E-state index in [1.807, 2.05) is 0 Å². The van der Waals surface area contributed by atoms with Gasteiger partial charge in [0.15, 0.2) is 6.29 Å². The Kier molecular flexibility index (Phi) is 4.55. The largest absolute Gasteiger partial charge is 0.353 e. The Morgan fingerprint density at radius 1 is 1.71 bits per heavy atom. The highest BCUT2D eigenvalue weighted by Gasteiger charge is 2.14. The van der Waals surface area contributed by atoms with Crippen LogP contribution in [0.1, 0.15) is 26.2 Å². The maximum atomic E-state index is 10.1. The van der Waals surface area contributed by atoms with Crippen LogP contribution < -0.4 is 0 Å². The lowest BCUT2D eigenvalue weighted by atomic mass is 10.2. The summed E-state index contributed by atoms with van der Waals surface area (Å²) in [6.45, 7) is 2.67. The molecular formula is C9H15NO4. The van der Waals surface area contributed by atoms with Crippen LogP contribution in [0.25, 0.3) is 0 Å². The van der Waals surface area contributed by atoms with E-state index in [2.05, 4.69) is 0 Å². The van der Waals surface area contributed by atoms with Gasteiger partial charge in [-0.15, -0.1) is 0 Å². The normalized spacial score (nSPS) is 23.5. The highest BCUT2D eigenvalue weighted by atomic mass is 16.7. The van der Waals surface area contributed by atoms with Gasteiger partial charge < -0.3 is 9.47 Å². The van der Waals surface area contributed by atoms with Crippen LogP contribution in [0.4, 0.5) is 0 Å². The minimum absolute atomic E-state index is 0.182. The van der Waals surface area contributed by atoms with Crippen molar-refractivity contribution in [1.82, 2.24) is 0 Å². The van der Waals surface area contributed by atoms with Crippen molar-refractivity contribution in [3.05, 3.63) is 21.9 Å². The van der Waals surface area contributed by atoms with Crippen LogP contribution in [0, 0.1) is 10.1 Å². The summed E-state index contributed by atoms with van der Waals surface area (Å²) >= 11 is 0. The average Bonchev–Trinajstić information content (AvgIpc) is 2.15. The molecule has 1 saturated heterocycles. The maximum absolute atomic E-state index is 10.1. The predicted octanol–water partition coefficient (Wildman–Crippen LogP) is 1.71. The number of nitro groups is 1. The van der Waals surface area contributed by atoms with E-state index in [1.54, 1.807) is 6.92 Å². The molecule has 0 aromatic heterocycles. The molecular weight excluding hydrogens is 186 g/mol. The average molecular weight is 201 g/mol. The Labute approximate surface area is 82.8 Å². The van der Waals surface area contributed by atoms with Gasteiger partial charge in [-0.2, -0.15) is 0 Å². The van der Waals surface area contributed by atoms with Crippen LogP contribution in [0.5, 0.6) is 0 Å². The Bertz CT molecular complexity index is 221. The lowest BCUT2D eigenvalue weighted by molar-refractivity contribution is -0.403. The first kappa shape index (κ1) is 11.1. The van der Waals surface area contributed by atoms with Crippen LogP contribution in [-0.2, 0) is 9.47 Å². The van der Waals surface area contributed by atoms with E-state index >= 15 is 0 Å². The predicted molar refractivity (Wildman–Crippen MR) is 50.3 cm³/mol. The standard InChI is InChI=1S/C9H15NO4/c1-8(6-10(11)12)7-14-9-4-2-3-5-13-9/h6,9H,2-5,7H2,1H3/b8-6-. The van der Waals surface area contributed by atoms with Crippen molar-refractivity contribution in [2.24, 2.45) is 0 Å². The zero-order valence-electron chi connectivity index (χ0n) is 8.27. The molecule has 1 atom stereocenters. The third kappa shape index (κ3) is 4.34. The molecule has 0 aromatic carbocycles. The van der Waals surface area contributed by atoms with Gasteiger partial charge in [-0.3, -0.25) is 10.1 Å². The van der Waals surface area contributed by atoms with E-state index in [0.29, 0.717) is 5.57 Å². The summed E-state index contributed by atoms with van der Waals surface area (Å²) in [5.74, 6) is 0. The van der Waals surface area contributed by atoms with Crippen LogP contribution in [0.15, 0.2) is 11.8 Å². The smallest absolute Gasteiger partial charge is 0.235 e. The van der Waals surface area contributed by atoms with Crippen molar-refractivity contribution in [3.8, 4) is 0 Å². The van der Waals surface area contributed by atoms with Gasteiger partial charge >= 0.3 is 0 Å². The molecule has 0 aromatic rings. The second kappa shape index (κ2) is 5.72. The van der Waals surface area contributed by atoms with Crippen molar-refractivity contribution >= 4 is 0 Å². The highest BCUT2D eigenvalue weighted by Crippen LogP contribution is 2.14. The van der Waals surface area contributed by atoms with Gasteiger partial charge in [-0.05, 0) is 26.2 Å². The third-order valence-corrected chi connectivity index (χ3v) is 1.96. The van der Waals surface area contributed by atoms with E-state index in [9.17, 15) is 10.1 Å². The molecule has 80 valence electrons. The monoisotopic (exact) mass is 201 g/mol. The zero-order valence-corrected chi connectivity index (χ0v) is 8.27. The molecule has 0 aliphatic carbocycles. The van der Waals surface area contributed by atoms with Gasteiger partial charge in [-0.1, -0.05) is 0 Å². The van der Waals surface area contributed by atoms with Crippen molar-refractivity contribution in [3.63, 3.8) is 0 Å². The molecule has 5 nitrogen and oxygen atoms in total. The molecule has 14 heavy (non-hydrogen) atoms. The molecule has 0 spiro atoms. The molecule has 0 radical (unpaired) electrons. The number of rotatable bonds is 4. The van der Waals surface area contributed by atoms with Crippen LogP contribution in [0.2, 0.25) is 0 Å². The first-order chi connectivity index (χ1) is 6.68. The van der Waals surface area contributed by atoms with Gasteiger partial charge in [-0.25, -0.2) is 0 Å². The lowest BCUT2D eigenvalue weighted by Crippen LogP contribution is -2.23. The lowest BCUT2D eigenvalue weighted by Gasteiger charge is -2.22. The number of ether oxygens (including phenoxy) is 2. The Hall–Kier alpha value is -0.940. The zero-order chi connectivity index (χ0) is 10.4. The minimum Gasteiger partial charge on any atom is -0.353 e. The molecule has 0 bridgehead atoms. The third-order valence-electron chi connectivity index (χ3n) is 1.96. The molecule has 1 aliphatic rings. The van der Waals surface area contributed by atoms with E-state index < -0.39 is 4.92 Å². The number of hydrogen-bond acceptors (Lipinski definition) is 4. The fourth-order valence-corrected chi connectivity index (χ4v) is 1.28. The van der Waals surface area contributed by atoms with Crippen molar-refractivity contribution in [2.45, 2.75) is 32.5 Å². The van der Waals surface area contributed by atoms with Gasteiger partial charge in [0.1, 0.15) is 0 Å². The molecule has 1 unspecified atom stereocenters. The van der Waals surface area contributed by atoms with E-state index in [1.165, 1.54) is 0 Å². The number of hydrogen-bond donors (Lipinski definition) is 0. The molecule has 1 aliphatic heterocycles. The van der Waals surface area contributed by atoms with Crippen LogP contribution in [-0.4, -0.2) is 24.4 Å². The minimum atomic E-state index is -0.472. The highest BCUT2D eigenvalue weighted by molar-refractivity contribution is 4.92. The summed E-state index contributed by atoms with van der Waals surface area (Å²) in [6, 6.07) is 0. The van der Waals surface area contributed by atoms with Crippen LogP contribution >= 0.6 is 0 Å². The quantitative estimate of drug-likeness (QED) is 0.513. The Balaban J connectivity index is 2.21. The molecule has 1 heterocycles. The van der Waals surface area contributed by atoms with Crippen molar-refractivity contribution in [1.29, 1.82) is 0 Å². The summed E-state index contributed by atoms with van der Waals surface area (Å²) in [7, 11) is 0. The van der Waals surface area contributed by atoms with Gasteiger partial charge in [0.25, 0.3) is 0 Å². The topological polar surface area (TPSA) is 61.6 Å². The fourth-order valence-electron chi connectivity index (χ4n) is 1.28. The molecule has 0 N–H and O–H groups in total. The van der Waals surface area contributed by atoms with E-state index in [-0.39, 0.29) is 12.9 Å². The molecule has 0 amide bonds. The maximum Gasteiger partial charge on any atom is 0.235 e. The van der Waals surface area contributed by atoms with Gasteiger partial charge in [0, 0.05) is 12.2 Å². The van der Waals surface area contributed by atoms with Gasteiger partial charge in [0.2, 0.25) is 6.20 Å². The molecule has 0 saturated carbocycles. The second-order valence-electron chi connectivity index (χ2n) is 3.37. The van der Waals surface area contributed by atoms with Crippen LogP contribution in [0.3, 0.4) is 0 Å². The summed E-state index contributed by atoms with van der Waals surface area (Å²) < 4.78 is 10.7. The Morgan fingerprint density at radius 2 is 2.50 bits per heavy atom. The Morgan fingerprint density at radius 3 is 3.07 bits per heavy atom. The first-order valence-electron chi connectivity index (χ1n) is 4.72. The summed E-state index contributed by atoms with van der Waals surface area (Å²) in [4.78, 5) is 9.63. The summed E-state index contributed by atoms with van der Waals surface area (Å²) in [6.07, 6.45) is 3.83. The summed E-state index contributed by atoms with van der Waals surface area (Å²) in [5.41, 5.74) is 0.601. The molecule has 1 fully saturated rings. The van der Waals surface area contributed by atoms with E-state index in [0.717, 1.165) is 32.1 Å². The second-order valence-corrected chi connectivity index (χ2v) is 3.37. The fraction of sp³-hybridized carbons (Fsp3) is 0.778. The van der Waals surface area contributed by atoms with Crippen molar-refractivity contribution in [2.75, 3.05) is 13.2 Å². The first-order valence-corrected chi connectivity index (χ1v) is 4.72. The molecule has 1 rings (SSSR count).